The lowest BCUT2D eigenvalue weighted by molar-refractivity contribution is 0.0894. The second kappa shape index (κ2) is 8.93. The lowest BCUT2D eigenvalue weighted by atomic mass is 10.0. The highest BCUT2D eigenvalue weighted by Crippen LogP contribution is 2.25. The van der Waals surface area contributed by atoms with Crippen LogP contribution in [0.4, 0.5) is 0 Å². The highest BCUT2D eigenvalue weighted by atomic mass is 16.5. The van der Waals surface area contributed by atoms with Gasteiger partial charge in [-0.15, -0.1) is 0 Å². The van der Waals surface area contributed by atoms with E-state index < -0.39 is 17.2 Å². The van der Waals surface area contributed by atoms with Crippen LogP contribution in [0.15, 0.2) is 29.1 Å². The number of ketones is 1. The van der Waals surface area contributed by atoms with Crippen molar-refractivity contribution in [1.82, 2.24) is 4.57 Å². The summed E-state index contributed by atoms with van der Waals surface area (Å²) in [4.78, 5) is 25.4. The van der Waals surface area contributed by atoms with Gasteiger partial charge in [-0.05, 0) is 49.4 Å². The molecule has 3 rings (SSSR count). The van der Waals surface area contributed by atoms with E-state index in [2.05, 4.69) is 0 Å². The van der Waals surface area contributed by atoms with Gasteiger partial charge in [0.25, 0.3) is 5.56 Å². The van der Waals surface area contributed by atoms with E-state index in [1.165, 1.54) is 6.92 Å². The zero-order valence-corrected chi connectivity index (χ0v) is 16.6. The van der Waals surface area contributed by atoms with Gasteiger partial charge in [0, 0.05) is 6.61 Å². The van der Waals surface area contributed by atoms with E-state index in [1.807, 2.05) is 25.1 Å². The van der Waals surface area contributed by atoms with E-state index in [1.54, 1.807) is 12.1 Å². The van der Waals surface area contributed by atoms with Crippen molar-refractivity contribution in [3.63, 3.8) is 0 Å². The standard InChI is InChI=1S/C22H24N2O5/c1-3-15-6-8-16(9-7-15)29-13-19(25)20-14(2)18(11-23)21(26)24(22(20)27)12-17-5-4-10-28-17/h6-9,17,27H,3-5,10,12-13H2,1-2H3. The van der Waals surface area contributed by atoms with E-state index >= 15 is 0 Å². The molecule has 1 aliphatic rings. The number of aryl methyl sites for hydroxylation is 1. The minimum Gasteiger partial charge on any atom is -0.494 e. The van der Waals surface area contributed by atoms with Crippen LogP contribution in [0.1, 0.15) is 46.8 Å². The van der Waals surface area contributed by atoms with Crippen molar-refractivity contribution in [3.8, 4) is 17.7 Å². The largest absolute Gasteiger partial charge is 0.494 e. The monoisotopic (exact) mass is 396 g/mol. The molecular weight excluding hydrogens is 372 g/mol. The molecule has 2 aromatic rings. The molecular formula is C22H24N2O5. The first-order chi connectivity index (χ1) is 14.0. The number of carbonyl (C=O) groups is 1. The van der Waals surface area contributed by atoms with Gasteiger partial charge in [-0.3, -0.25) is 14.2 Å². The Bertz CT molecular complexity index is 996. The lowest BCUT2D eigenvalue weighted by Crippen LogP contribution is -2.31. The van der Waals surface area contributed by atoms with Gasteiger partial charge < -0.3 is 14.6 Å². The van der Waals surface area contributed by atoms with Crippen LogP contribution in [0.5, 0.6) is 11.6 Å². The molecule has 1 atom stereocenters. The molecule has 152 valence electrons. The number of nitriles is 1. The molecule has 2 heterocycles. The number of rotatable bonds is 7. The fourth-order valence-corrected chi connectivity index (χ4v) is 3.49. The first kappa shape index (κ1) is 20.6. The van der Waals surface area contributed by atoms with Gasteiger partial charge in [-0.1, -0.05) is 19.1 Å². The van der Waals surface area contributed by atoms with Crippen molar-refractivity contribution < 1.29 is 19.4 Å². The molecule has 0 saturated carbocycles. The summed E-state index contributed by atoms with van der Waals surface area (Å²) >= 11 is 0. The molecule has 0 aliphatic carbocycles. The number of aromatic nitrogens is 1. The second-order valence-electron chi connectivity index (χ2n) is 7.07. The summed E-state index contributed by atoms with van der Waals surface area (Å²) in [6, 6.07) is 9.24. The van der Waals surface area contributed by atoms with Crippen molar-refractivity contribution in [2.24, 2.45) is 0 Å². The number of aromatic hydroxyl groups is 1. The fraction of sp³-hybridized carbons (Fsp3) is 0.409. The summed E-state index contributed by atoms with van der Waals surface area (Å²) in [5.41, 5.74) is 0.469. The first-order valence-electron chi connectivity index (χ1n) is 9.69. The molecule has 1 aromatic heterocycles. The molecule has 1 N–H and O–H groups in total. The topological polar surface area (TPSA) is 102 Å². The highest BCUT2D eigenvalue weighted by Gasteiger charge is 2.26. The average Bonchev–Trinajstić information content (AvgIpc) is 3.23. The molecule has 7 nitrogen and oxygen atoms in total. The molecule has 1 aliphatic heterocycles. The number of benzene rings is 1. The molecule has 0 bridgehead atoms. The number of hydrogen-bond donors (Lipinski definition) is 1. The van der Waals surface area contributed by atoms with Gasteiger partial charge in [-0.2, -0.15) is 5.26 Å². The van der Waals surface area contributed by atoms with Crippen LogP contribution in [0.2, 0.25) is 0 Å². The average molecular weight is 396 g/mol. The van der Waals surface area contributed by atoms with Gasteiger partial charge >= 0.3 is 0 Å². The van der Waals surface area contributed by atoms with Crippen molar-refractivity contribution in [3.05, 3.63) is 56.9 Å². The number of carbonyl (C=O) groups excluding carboxylic acids is 1. The van der Waals surface area contributed by atoms with Crippen LogP contribution >= 0.6 is 0 Å². The molecule has 1 unspecified atom stereocenters. The summed E-state index contributed by atoms with van der Waals surface area (Å²) < 4.78 is 12.1. The number of nitrogens with zero attached hydrogens (tertiary/aromatic N) is 2. The van der Waals surface area contributed by atoms with Crippen molar-refractivity contribution in [2.75, 3.05) is 13.2 Å². The van der Waals surface area contributed by atoms with Gasteiger partial charge in [0.1, 0.15) is 17.4 Å². The molecule has 0 amide bonds. The Labute approximate surface area is 169 Å². The Morgan fingerprint density at radius 3 is 2.69 bits per heavy atom. The molecule has 1 aromatic carbocycles. The third kappa shape index (κ3) is 4.33. The van der Waals surface area contributed by atoms with E-state index in [4.69, 9.17) is 9.47 Å². The van der Waals surface area contributed by atoms with E-state index in [0.29, 0.717) is 12.4 Å². The SMILES string of the molecule is CCc1ccc(OCC(=O)c2c(C)c(C#N)c(=O)n(CC3CCCO3)c2O)cc1. The maximum Gasteiger partial charge on any atom is 0.271 e. The molecule has 1 saturated heterocycles. The Hall–Kier alpha value is -3.11. The van der Waals surface area contributed by atoms with Gasteiger partial charge in [0.2, 0.25) is 11.7 Å². The lowest BCUT2D eigenvalue weighted by Gasteiger charge is -2.18. The number of Topliss-reactive ketones (excluding diaryl/α,β-unsaturated/α-hetero) is 1. The van der Waals surface area contributed by atoms with Crippen molar-refractivity contribution >= 4 is 5.78 Å². The predicted octanol–water partition coefficient (Wildman–Crippen LogP) is 2.74. The summed E-state index contributed by atoms with van der Waals surface area (Å²) in [6.45, 7) is 3.90. The highest BCUT2D eigenvalue weighted by molar-refractivity contribution is 6.01. The van der Waals surface area contributed by atoms with E-state index in [9.17, 15) is 20.0 Å². The van der Waals surface area contributed by atoms with Crippen LogP contribution in [-0.2, 0) is 17.7 Å². The maximum atomic E-state index is 12.8. The van der Waals surface area contributed by atoms with Crippen molar-refractivity contribution in [1.29, 1.82) is 5.26 Å². The number of ether oxygens (including phenoxy) is 2. The minimum absolute atomic E-state index is 0.0654. The van der Waals surface area contributed by atoms with Crippen molar-refractivity contribution in [2.45, 2.75) is 45.8 Å². The van der Waals surface area contributed by atoms with Crippen LogP contribution in [0, 0.1) is 18.3 Å². The van der Waals surface area contributed by atoms with Gasteiger partial charge in [-0.25, -0.2) is 0 Å². The fourth-order valence-electron chi connectivity index (χ4n) is 3.49. The Morgan fingerprint density at radius 2 is 2.10 bits per heavy atom. The van der Waals surface area contributed by atoms with Crippen LogP contribution in [0.25, 0.3) is 0 Å². The molecule has 29 heavy (non-hydrogen) atoms. The maximum absolute atomic E-state index is 12.8. The predicted molar refractivity (Wildman–Crippen MR) is 106 cm³/mol. The zero-order chi connectivity index (χ0) is 21.0. The van der Waals surface area contributed by atoms with Crippen LogP contribution in [-0.4, -0.2) is 34.8 Å². The number of pyridine rings is 1. The summed E-state index contributed by atoms with van der Waals surface area (Å²) in [5.74, 6) is -0.421. The quantitative estimate of drug-likeness (QED) is 0.722. The third-order valence-corrected chi connectivity index (χ3v) is 5.19. The molecule has 0 spiro atoms. The Balaban J connectivity index is 1.88. The zero-order valence-electron chi connectivity index (χ0n) is 16.6. The van der Waals surface area contributed by atoms with Crippen LogP contribution < -0.4 is 10.3 Å². The van der Waals surface area contributed by atoms with E-state index in [-0.39, 0.29) is 35.9 Å². The molecule has 1 fully saturated rings. The smallest absolute Gasteiger partial charge is 0.271 e. The summed E-state index contributed by atoms with van der Waals surface area (Å²) in [5, 5.41) is 20.1. The number of hydrogen-bond acceptors (Lipinski definition) is 6. The van der Waals surface area contributed by atoms with Gasteiger partial charge in [0.15, 0.2) is 6.61 Å². The van der Waals surface area contributed by atoms with Crippen LogP contribution in [0.3, 0.4) is 0 Å². The van der Waals surface area contributed by atoms with Gasteiger partial charge in [0.05, 0.1) is 18.2 Å². The Kier molecular flexibility index (Phi) is 6.35. The van der Waals surface area contributed by atoms with E-state index in [0.717, 1.165) is 29.4 Å². The third-order valence-electron chi connectivity index (χ3n) is 5.19. The normalized spacial score (nSPS) is 15.8. The molecule has 0 radical (unpaired) electrons. The molecule has 7 heteroatoms. The second-order valence-corrected chi connectivity index (χ2v) is 7.07. The summed E-state index contributed by atoms with van der Waals surface area (Å²) in [7, 11) is 0. The Morgan fingerprint density at radius 1 is 1.38 bits per heavy atom. The minimum atomic E-state index is -0.620. The first-order valence-corrected chi connectivity index (χ1v) is 9.69. The summed E-state index contributed by atoms with van der Waals surface area (Å²) in [6.07, 6.45) is 2.29.